The van der Waals surface area contributed by atoms with Crippen molar-refractivity contribution in [1.29, 1.82) is 0 Å². The van der Waals surface area contributed by atoms with Gasteiger partial charge in [-0.1, -0.05) is 5.16 Å². The molecule has 7 heteroatoms. The Morgan fingerprint density at radius 3 is 3.00 bits per heavy atom. The minimum absolute atomic E-state index is 0.191. The quantitative estimate of drug-likeness (QED) is 0.233. The maximum Gasteiger partial charge on any atom is 0.228 e. The first kappa shape index (κ1) is 9.46. The van der Waals surface area contributed by atoms with Gasteiger partial charge < -0.3 is 10.3 Å². The van der Waals surface area contributed by atoms with Gasteiger partial charge in [0.15, 0.2) is 5.82 Å². The smallest absolute Gasteiger partial charge is 0.228 e. The molecule has 0 aliphatic carbocycles. The normalized spacial score (nSPS) is 11.7. The molecular formula is C6H12N6O. The van der Waals surface area contributed by atoms with E-state index in [9.17, 15) is 0 Å². The fourth-order valence-electron chi connectivity index (χ4n) is 0.759. The molecule has 0 spiro atoms. The van der Waals surface area contributed by atoms with Crippen molar-refractivity contribution in [2.75, 3.05) is 6.54 Å². The monoisotopic (exact) mass is 184 g/mol. The minimum atomic E-state index is 0.191. The van der Waals surface area contributed by atoms with Gasteiger partial charge in [0.1, 0.15) is 0 Å². The van der Waals surface area contributed by atoms with Crippen molar-refractivity contribution in [3.63, 3.8) is 0 Å². The lowest BCUT2D eigenvalue weighted by atomic mass is 10.4. The van der Waals surface area contributed by atoms with Crippen LogP contribution in [-0.2, 0) is 6.42 Å². The Morgan fingerprint density at radius 2 is 2.46 bits per heavy atom. The van der Waals surface area contributed by atoms with Crippen LogP contribution in [0.25, 0.3) is 0 Å². The molecule has 0 unspecified atom stereocenters. The van der Waals surface area contributed by atoms with Gasteiger partial charge in [0.2, 0.25) is 11.9 Å². The topological polar surface area (TPSA) is 115 Å². The molecule has 0 aliphatic rings. The second-order valence-electron chi connectivity index (χ2n) is 2.40. The SMILES string of the molecule is Cc1noc(CCN=C(N)NN)n1. The van der Waals surface area contributed by atoms with E-state index in [2.05, 4.69) is 20.6 Å². The van der Waals surface area contributed by atoms with E-state index in [1.807, 2.05) is 0 Å². The van der Waals surface area contributed by atoms with Crippen LogP contribution in [-0.4, -0.2) is 22.6 Å². The molecule has 0 bridgehead atoms. The zero-order valence-electron chi connectivity index (χ0n) is 7.32. The summed E-state index contributed by atoms with van der Waals surface area (Å²) in [5.41, 5.74) is 7.51. The summed E-state index contributed by atoms with van der Waals surface area (Å²) in [5.74, 6) is 6.35. The summed E-state index contributed by atoms with van der Waals surface area (Å²) in [6.07, 6.45) is 0.559. The number of hydrogen-bond donors (Lipinski definition) is 3. The number of aromatic nitrogens is 2. The molecule has 1 aromatic rings. The number of nitrogens with zero attached hydrogens (tertiary/aromatic N) is 3. The van der Waals surface area contributed by atoms with Gasteiger partial charge in [-0.05, 0) is 6.92 Å². The van der Waals surface area contributed by atoms with E-state index in [1.165, 1.54) is 0 Å². The van der Waals surface area contributed by atoms with E-state index in [-0.39, 0.29) is 5.96 Å². The van der Waals surface area contributed by atoms with Crippen molar-refractivity contribution in [2.45, 2.75) is 13.3 Å². The second kappa shape index (κ2) is 4.41. The standard InChI is InChI=1S/C6H12N6O/c1-4-10-5(13-12-4)2-3-9-6(7)11-8/h2-3,8H2,1H3,(H3,7,9,11). The molecule has 1 heterocycles. The Kier molecular flexibility index (Phi) is 3.21. The van der Waals surface area contributed by atoms with Gasteiger partial charge in [-0.25, -0.2) is 5.84 Å². The van der Waals surface area contributed by atoms with Crippen LogP contribution in [0.3, 0.4) is 0 Å². The summed E-state index contributed by atoms with van der Waals surface area (Å²) in [6, 6.07) is 0. The van der Waals surface area contributed by atoms with Gasteiger partial charge in [0, 0.05) is 6.42 Å². The molecule has 72 valence electrons. The fourth-order valence-corrected chi connectivity index (χ4v) is 0.759. The summed E-state index contributed by atoms with van der Waals surface area (Å²) in [5, 5.41) is 3.63. The van der Waals surface area contributed by atoms with Crippen LogP contribution in [0.5, 0.6) is 0 Å². The first-order valence-electron chi connectivity index (χ1n) is 3.78. The molecule has 0 amide bonds. The van der Waals surface area contributed by atoms with Crippen molar-refractivity contribution in [1.82, 2.24) is 15.6 Å². The van der Waals surface area contributed by atoms with Crippen LogP contribution in [0, 0.1) is 6.92 Å². The van der Waals surface area contributed by atoms with Gasteiger partial charge in [0.05, 0.1) is 6.54 Å². The Balaban J connectivity index is 2.35. The lowest BCUT2D eigenvalue weighted by Crippen LogP contribution is -2.37. The molecule has 0 saturated carbocycles. The molecule has 5 N–H and O–H groups in total. The number of aliphatic imine (C=N–C) groups is 1. The lowest BCUT2D eigenvalue weighted by molar-refractivity contribution is 0.376. The third-order valence-corrected chi connectivity index (χ3v) is 1.33. The van der Waals surface area contributed by atoms with Gasteiger partial charge in [0.25, 0.3) is 0 Å². The van der Waals surface area contributed by atoms with Crippen LogP contribution < -0.4 is 17.0 Å². The highest BCUT2D eigenvalue weighted by Gasteiger charge is 2.00. The van der Waals surface area contributed by atoms with Crippen molar-refractivity contribution < 1.29 is 4.52 Å². The highest BCUT2D eigenvalue weighted by Crippen LogP contribution is 1.96. The van der Waals surface area contributed by atoms with E-state index in [1.54, 1.807) is 6.92 Å². The zero-order valence-corrected chi connectivity index (χ0v) is 7.32. The van der Waals surface area contributed by atoms with Crippen LogP contribution in [0.2, 0.25) is 0 Å². The summed E-state index contributed by atoms with van der Waals surface area (Å²) >= 11 is 0. The highest BCUT2D eigenvalue weighted by atomic mass is 16.5. The highest BCUT2D eigenvalue weighted by molar-refractivity contribution is 5.77. The Bertz CT molecular complexity index is 293. The van der Waals surface area contributed by atoms with Crippen molar-refractivity contribution in [3.05, 3.63) is 11.7 Å². The Labute approximate surface area is 75.2 Å². The maximum absolute atomic E-state index is 5.29. The van der Waals surface area contributed by atoms with E-state index in [0.717, 1.165) is 0 Å². The first-order valence-corrected chi connectivity index (χ1v) is 3.78. The molecule has 1 aromatic heterocycles. The number of aryl methyl sites for hydroxylation is 1. The number of nitrogens with one attached hydrogen (secondary N) is 1. The maximum atomic E-state index is 5.29. The van der Waals surface area contributed by atoms with E-state index in [0.29, 0.717) is 24.7 Å². The van der Waals surface area contributed by atoms with E-state index < -0.39 is 0 Å². The molecular weight excluding hydrogens is 172 g/mol. The van der Waals surface area contributed by atoms with Gasteiger partial charge >= 0.3 is 0 Å². The molecule has 0 saturated heterocycles. The number of guanidine groups is 1. The van der Waals surface area contributed by atoms with Crippen molar-refractivity contribution in [3.8, 4) is 0 Å². The summed E-state index contributed by atoms with van der Waals surface area (Å²) in [6.45, 7) is 2.23. The van der Waals surface area contributed by atoms with Crippen LogP contribution in [0.15, 0.2) is 9.52 Å². The first-order chi connectivity index (χ1) is 6.22. The molecule has 0 atom stereocenters. The van der Waals surface area contributed by atoms with Crippen molar-refractivity contribution in [2.24, 2.45) is 16.6 Å². The predicted molar refractivity (Wildman–Crippen MR) is 46.6 cm³/mol. The number of nitrogens with two attached hydrogens (primary N) is 2. The number of hydrogen-bond acceptors (Lipinski definition) is 5. The van der Waals surface area contributed by atoms with E-state index in [4.69, 9.17) is 16.1 Å². The molecule has 0 fully saturated rings. The molecule has 0 aliphatic heterocycles. The van der Waals surface area contributed by atoms with Crippen LogP contribution >= 0.6 is 0 Å². The molecule has 0 radical (unpaired) electrons. The molecule has 0 aromatic carbocycles. The Morgan fingerprint density at radius 1 is 1.69 bits per heavy atom. The molecule has 13 heavy (non-hydrogen) atoms. The van der Waals surface area contributed by atoms with Gasteiger partial charge in [-0.3, -0.25) is 10.4 Å². The van der Waals surface area contributed by atoms with Crippen molar-refractivity contribution >= 4 is 5.96 Å². The fraction of sp³-hybridized carbons (Fsp3) is 0.500. The minimum Gasteiger partial charge on any atom is -0.369 e. The van der Waals surface area contributed by atoms with E-state index >= 15 is 0 Å². The number of rotatable bonds is 3. The van der Waals surface area contributed by atoms with Crippen LogP contribution in [0.1, 0.15) is 11.7 Å². The summed E-state index contributed by atoms with van der Waals surface area (Å²) in [7, 11) is 0. The molecule has 1 rings (SSSR count). The second-order valence-corrected chi connectivity index (χ2v) is 2.40. The summed E-state index contributed by atoms with van der Waals surface area (Å²) < 4.78 is 4.86. The lowest BCUT2D eigenvalue weighted by Gasteiger charge is -1.95. The molecule has 7 nitrogen and oxygen atoms in total. The number of hydrazine groups is 1. The van der Waals surface area contributed by atoms with Crippen LogP contribution in [0.4, 0.5) is 0 Å². The third-order valence-electron chi connectivity index (χ3n) is 1.33. The van der Waals surface area contributed by atoms with Gasteiger partial charge in [-0.15, -0.1) is 0 Å². The third kappa shape index (κ3) is 3.08. The Hall–Kier alpha value is -1.63. The largest absolute Gasteiger partial charge is 0.369 e. The average Bonchev–Trinajstić information content (AvgIpc) is 2.51. The summed E-state index contributed by atoms with van der Waals surface area (Å²) in [4.78, 5) is 7.87. The predicted octanol–water partition coefficient (Wildman–Crippen LogP) is -1.30. The zero-order chi connectivity index (χ0) is 9.68. The van der Waals surface area contributed by atoms with Gasteiger partial charge in [-0.2, -0.15) is 4.98 Å². The average molecular weight is 184 g/mol.